The molecule has 4 heteroatoms. The van der Waals surface area contributed by atoms with Crippen LogP contribution in [0.3, 0.4) is 0 Å². The number of rotatable bonds is 3. The lowest BCUT2D eigenvalue weighted by Crippen LogP contribution is -2.13. The summed E-state index contributed by atoms with van der Waals surface area (Å²) in [5, 5.41) is 4.51. The van der Waals surface area contributed by atoms with E-state index in [0.717, 1.165) is 35.0 Å². The van der Waals surface area contributed by atoms with E-state index in [1.165, 1.54) is 17.5 Å². The van der Waals surface area contributed by atoms with Crippen molar-refractivity contribution in [2.45, 2.75) is 19.3 Å². The first-order valence-corrected chi connectivity index (χ1v) is 10.1. The van der Waals surface area contributed by atoms with Crippen molar-refractivity contribution in [1.29, 1.82) is 0 Å². The Labute approximate surface area is 174 Å². The van der Waals surface area contributed by atoms with Crippen molar-refractivity contribution in [2.75, 3.05) is 5.32 Å². The number of anilines is 1. The summed E-state index contributed by atoms with van der Waals surface area (Å²) in [5.41, 5.74) is 6.41. The number of pyridine rings is 1. The molecule has 4 aromatic rings. The van der Waals surface area contributed by atoms with E-state index in [1.807, 2.05) is 60.7 Å². The fourth-order valence-electron chi connectivity index (χ4n) is 4.02. The highest BCUT2D eigenvalue weighted by molar-refractivity contribution is 6.33. The van der Waals surface area contributed by atoms with Crippen LogP contribution in [0.25, 0.3) is 22.2 Å². The third kappa shape index (κ3) is 3.39. The third-order valence-electron chi connectivity index (χ3n) is 5.47. The minimum absolute atomic E-state index is 0.144. The predicted molar refractivity (Wildman–Crippen MR) is 119 cm³/mol. The van der Waals surface area contributed by atoms with Gasteiger partial charge in [0.15, 0.2) is 0 Å². The summed E-state index contributed by atoms with van der Waals surface area (Å²) in [4.78, 5) is 18.0. The zero-order valence-corrected chi connectivity index (χ0v) is 16.5. The van der Waals surface area contributed by atoms with Crippen LogP contribution in [-0.2, 0) is 12.8 Å². The number of benzene rings is 3. The van der Waals surface area contributed by atoms with Gasteiger partial charge >= 0.3 is 0 Å². The maximum atomic E-state index is 13.2. The van der Waals surface area contributed by atoms with E-state index in [9.17, 15) is 4.79 Å². The van der Waals surface area contributed by atoms with Crippen molar-refractivity contribution in [3.8, 4) is 11.3 Å². The molecule has 1 aliphatic carbocycles. The van der Waals surface area contributed by atoms with Gasteiger partial charge in [0, 0.05) is 21.7 Å². The summed E-state index contributed by atoms with van der Waals surface area (Å²) in [6, 6.07) is 23.3. The Morgan fingerprint density at radius 1 is 0.897 bits per heavy atom. The third-order valence-corrected chi connectivity index (χ3v) is 5.80. The van der Waals surface area contributed by atoms with Crippen molar-refractivity contribution in [3.05, 3.63) is 94.5 Å². The van der Waals surface area contributed by atoms with Crippen LogP contribution >= 0.6 is 11.6 Å². The molecular weight excluding hydrogens is 380 g/mol. The van der Waals surface area contributed by atoms with Crippen LogP contribution in [-0.4, -0.2) is 10.9 Å². The monoisotopic (exact) mass is 398 g/mol. The van der Waals surface area contributed by atoms with Gasteiger partial charge in [-0.3, -0.25) is 4.79 Å². The minimum atomic E-state index is -0.144. The van der Waals surface area contributed by atoms with Gasteiger partial charge in [-0.1, -0.05) is 54.1 Å². The van der Waals surface area contributed by atoms with Gasteiger partial charge in [0.2, 0.25) is 0 Å². The van der Waals surface area contributed by atoms with Crippen LogP contribution in [0.15, 0.2) is 72.8 Å². The SMILES string of the molecule is O=C(Nc1ccc2c(c1)CCC2)c1cc(-c2ccccc2Cl)nc2ccccc12. The Balaban J connectivity index is 1.58. The number of amides is 1. The molecule has 1 aliphatic rings. The minimum Gasteiger partial charge on any atom is -0.322 e. The van der Waals surface area contributed by atoms with E-state index < -0.39 is 0 Å². The molecule has 0 saturated heterocycles. The van der Waals surface area contributed by atoms with E-state index in [4.69, 9.17) is 16.6 Å². The molecule has 0 unspecified atom stereocenters. The second-order valence-electron chi connectivity index (χ2n) is 7.34. The second-order valence-corrected chi connectivity index (χ2v) is 7.75. The number of carbonyl (C=O) groups excluding carboxylic acids is 1. The Bertz CT molecular complexity index is 1250. The molecule has 0 fully saturated rings. The number of aryl methyl sites for hydroxylation is 2. The van der Waals surface area contributed by atoms with Gasteiger partial charge in [0.05, 0.1) is 16.8 Å². The number of nitrogens with zero attached hydrogens (tertiary/aromatic N) is 1. The molecule has 5 rings (SSSR count). The zero-order valence-electron chi connectivity index (χ0n) is 15.8. The number of aromatic nitrogens is 1. The summed E-state index contributed by atoms with van der Waals surface area (Å²) in [6.45, 7) is 0. The molecule has 29 heavy (non-hydrogen) atoms. The van der Waals surface area contributed by atoms with Gasteiger partial charge in [-0.05, 0) is 60.7 Å². The quantitative estimate of drug-likeness (QED) is 0.440. The van der Waals surface area contributed by atoms with E-state index in [1.54, 1.807) is 0 Å². The number of hydrogen-bond donors (Lipinski definition) is 1. The van der Waals surface area contributed by atoms with Crippen molar-refractivity contribution in [2.24, 2.45) is 0 Å². The van der Waals surface area contributed by atoms with Gasteiger partial charge < -0.3 is 5.32 Å². The molecular formula is C25H19ClN2O. The van der Waals surface area contributed by atoms with Gasteiger partial charge in [-0.2, -0.15) is 0 Å². The number of carbonyl (C=O) groups is 1. The predicted octanol–water partition coefficient (Wildman–Crippen LogP) is 6.30. The lowest BCUT2D eigenvalue weighted by atomic mass is 10.0. The Morgan fingerprint density at radius 2 is 1.69 bits per heavy atom. The first kappa shape index (κ1) is 17.9. The zero-order chi connectivity index (χ0) is 19.8. The summed E-state index contributed by atoms with van der Waals surface area (Å²) < 4.78 is 0. The highest BCUT2D eigenvalue weighted by Gasteiger charge is 2.17. The summed E-state index contributed by atoms with van der Waals surface area (Å²) >= 11 is 6.39. The normalized spacial score (nSPS) is 12.7. The van der Waals surface area contributed by atoms with Crippen molar-refractivity contribution >= 4 is 34.1 Å². The molecule has 1 aromatic heterocycles. The van der Waals surface area contributed by atoms with Crippen LogP contribution in [0.5, 0.6) is 0 Å². The molecule has 0 aliphatic heterocycles. The van der Waals surface area contributed by atoms with Crippen molar-refractivity contribution in [3.63, 3.8) is 0 Å². The fourth-order valence-corrected chi connectivity index (χ4v) is 4.25. The molecule has 0 bridgehead atoms. The molecule has 1 N–H and O–H groups in total. The molecule has 3 nitrogen and oxygen atoms in total. The fraction of sp³-hybridized carbons (Fsp3) is 0.120. The topological polar surface area (TPSA) is 42.0 Å². The number of nitrogens with one attached hydrogen (secondary N) is 1. The molecule has 0 atom stereocenters. The van der Waals surface area contributed by atoms with Gasteiger partial charge in [0.25, 0.3) is 5.91 Å². The van der Waals surface area contributed by atoms with E-state index in [0.29, 0.717) is 16.3 Å². The van der Waals surface area contributed by atoms with Crippen LogP contribution in [0, 0.1) is 0 Å². The molecule has 1 heterocycles. The summed E-state index contributed by atoms with van der Waals surface area (Å²) in [5.74, 6) is -0.144. The number of fused-ring (bicyclic) bond motifs is 2. The summed E-state index contributed by atoms with van der Waals surface area (Å²) in [6.07, 6.45) is 3.39. The molecule has 142 valence electrons. The lowest BCUT2D eigenvalue weighted by Gasteiger charge is -2.12. The maximum Gasteiger partial charge on any atom is 0.256 e. The standard InChI is InChI=1S/C25H19ClN2O/c26-22-10-3-1-9-20(22)24-15-21(19-8-2-4-11-23(19)28-24)25(29)27-18-13-12-16-6-5-7-17(16)14-18/h1-4,8-15H,5-7H2,(H,27,29). The van der Waals surface area contributed by atoms with Crippen molar-refractivity contribution < 1.29 is 4.79 Å². The molecule has 0 radical (unpaired) electrons. The highest BCUT2D eigenvalue weighted by Crippen LogP contribution is 2.30. The Hall–Kier alpha value is -3.17. The summed E-state index contributed by atoms with van der Waals surface area (Å²) in [7, 11) is 0. The average molecular weight is 399 g/mol. The maximum absolute atomic E-state index is 13.2. The number of halogens is 1. The second kappa shape index (κ2) is 7.34. The molecule has 1 amide bonds. The van der Waals surface area contributed by atoms with E-state index >= 15 is 0 Å². The first-order chi connectivity index (χ1) is 14.2. The van der Waals surface area contributed by atoms with Crippen LogP contribution in [0.1, 0.15) is 27.9 Å². The molecule has 3 aromatic carbocycles. The average Bonchev–Trinajstić information content (AvgIpc) is 3.21. The number of hydrogen-bond acceptors (Lipinski definition) is 2. The number of para-hydroxylation sites is 1. The van der Waals surface area contributed by atoms with E-state index in [2.05, 4.69) is 17.4 Å². The molecule has 0 saturated carbocycles. The van der Waals surface area contributed by atoms with Crippen molar-refractivity contribution in [1.82, 2.24) is 4.98 Å². The highest BCUT2D eigenvalue weighted by atomic mass is 35.5. The van der Waals surface area contributed by atoms with Gasteiger partial charge in [-0.25, -0.2) is 4.98 Å². The lowest BCUT2D eigenvalue weighted by molar-refractivity contribution is 0.102. The van der Waals surface area contributed by atoms with Crippen LogP contribution in [0.2, 0.25) is 5.02 Å². The smallest absolute Gasteiger partial charge is 0.256 e. The largest absolute Gasteiger partial charge is 0.322 e. The molecule has 0 spiro atoms. The van der Waals surface area contributed by atoms with E-state index in [-0.39, 0.29) is 5.91 Å². The van der Waals surface area contributed by atoms with Crippen LogP contribution < -0.4 is 5.32 Å². The first-order valence-electron chi connectivity index (χ1n) is 9.77. The Morgan fingerprint density at radius 3 is 2.59 bits per heavy atom. The van der Waals surface area contributed by atoms with Gasteiger partial charge in [-0.15, -0.1) is 0 Å². The van der Waals surface area contributed by atoms with Gasteiger partial charge in [0.1, 0.15) is 0 Å². The van der Waals surface area contributed by atoms with Crippen LogP contribution in [0.4, 0.5) is 5.69 Å². The Kier molecular flexibility index (Phi) is 4.53.